The highest BCUT2D eigenvalue weighted by Gasteiger charge is 2.45. The Bertz CT molecular complexity index is 1220. The molecular weight excluding hydrogens is 418 g/mol. The van der Waals surface area contributed by atoms with Gasteiger partial charge in [0.1, 0.15) is 5.41 Å². The Morgan fingerprint density at radius 2 is 1.48 bits per heavy atom. The fourth-order valence-electron chi connectivity index (χ4n) is 4.25. The summed E-state index contributed by atoms with van der Waals surface area (Å²) in [5, 5.41) is 0. The summed E-state index contributed by atoms with van der Waals surface area (Å²) in [6.07, 6.45) is 0.323. The fourth-order valence-corrected chi connectivity index (χ4v) is 4.25. The molecule has 0 atom stereocenters. The third kappa shape index (κ3) is 3.58. The molecular formula is C26H25N3O4. The number of imide groups is 1. The van der Waals surface area contributed by atoms with Gasteiger partial charge in [-0.1, -0.05) is 24.0 Å². The summed E-state index contributed by atoms with van der Waals surface area (Å²) >= 11 is 0. The van der Waals surface area contributed by atoms with Crippen LogP contribution in [0.25, 0.3) is 0 Å². The molecule has 0 saturated carbocycles. The lowest BCUT2D eigenvalue weighted by Gasteiger charge is -2.27. The molecule has 0 spiro atoms. The maximum Gasteiger partial charge on any atom is 0.261 e. The van der Waals surface area contributed by atoms with Crippen LogP contribution in [0.5, 0.6) is 0 Å². The predicted molar refractivity (Wildman–Crippen MR) is 125 cm³/mol. The molecule has 0 bridgehead atoms. The van der Waals surface area contributed by atoms with Crippen molar-refractivity contribution in [3.8, 4) is 11.8 Å². The molecule has 2 aliphatic rings. The van der Waals surface area contributed by atoms with Gasteiger partial charge in [0.2, 0.25) is 11.8 Å². The Balaban J connectivity index is 1.54. The summed E-state index contributed by atoms with van der Waals surface area (Å²) in [7, 11) is 1.66. The van der Waals surface area contributed by atoms with E-state index >= 15 is 0 Å². The number of carbonyl (C=O) groups excluding carboxylic acids is 4. The second-order valence-electron chi connectivity index (χ2n) is 8.60. The van der Waals surface area contributed by atoms with Crippen molar-refractivity contribution < 1.29 is 19.2 Å². The second-order valence-corrected chi connectivity index (χ2v) is 8.60. The zero-order chi connectivity index (χ0) is 23.9. The number of anilines is 2. The van der Waals surface area contributed by atoms with E-state index in [0.29, 0.717) is 41.0 Å². The lowest BCUT2D eigenvalue weighted by atomic mass is 9.90. The van der Waals surface area contributed by atoms with E-state index in [9.17, 15) is 19.2 Å². The SMILES string of the molecule is CCN1C(=O)C(C)(C)C(=O)N(C)c2cc(C#CCCN3C(=O)c4ccccc4C3=O)ccc21. The standard InChI is InChI=1S/C26H25N3O4/c1-5-28-20-14-13-17(16-21(20)27(4)24(32)26(2,3)25(28)33)10-8-9-15-29-22(30)18-11-6-7-12-19(18)23(29)31/h6-7,11-14,16H,5,9,15H2,1-4H3. The van der Waals surface area contributed by atoms with E-state index in [1.807, 2.05) is 6.92 Å². The van der Waals surface area contributed by atoms with Gasteiger partial charge in [0, 0.05) is 32.1 Å². The second kappa shape index (κ2) is 8.21. The molecule has 0 N–H and O–H groups in total. The molecule has 2 aromatic carbocycles. The summed E-state index contributed by atoms with van der Waals surface area (Å²) in [5.74, 6) is 4.96. The van der Waals surface area contributed by atoms with Gasteiger partial charge < -0.3 is 9.80 Å². The minimum Gasteiger partial charge on any atom is -0.313 e. The molecule has 168 valence electrons. The van der Waals surface area contributed by atoms with Gasteiger partial charge in [-0.25, -0.2) is 0 Å². The first kappa shape index (κ1) is 22.3. The zero-order valence-corrected chi connectivity index (χ0v) is 19.1. The molecule has 4 amide bonds. The predicted octanol–water partition coefficient (Wildman–Crippen LogP) is 3.08. The molecule has 7 heteroatoms. The van der Waals surface area contributed by atoms with Crippen molar-refractivity contribution in [2.45, 2.75) is 27.2 Å². The lowest BCUT2D eigenvalue weighted by Crippen LogP contribution is -2.47. The Labute approximate surface area is 193 Å². The van der Waals surface area contributed by atoms with Crippen LogP contribution < -0.4 is 9.80 Å². The van der Waals surface area contributed by atoms with Crippen LogP contribution >= 0.6 is 0 Å². The molecule has 0 unspecified atom stereocenters. The number of rotatable bonds is 3. The lowest BCUT2D eigenvalue weighted by molar-refractivity contribution is -0.137. The third-order valence-corrected chi connectivity index (χ3v) is 6.13. The molecule has 0 saturated heterocycles. The number of amides is 4. The number of carbonyl (C=O) groups is 4. The first-order valence-electron chi connectivity index (χ1n) is 10.9. The smallest absolute Gasteiger partial charge is 0.261 e. The minimum absolute atomic E-state index is 0.203. The van der Waals surface area contributed by atoms with Crippen molar-refractivity contribution in [3.05, 3.63) is 59.2 Å². The van der Waals surface area contributed by atoms with Crippen LogP contribution in [-0.2, 0) is 9.59 Å². The Kier molecular flexibility index (Phi) is 5.54. The maximum absolute atomic E-state index is 13.0. The minimum atomic E-state index is -1.16. The van der Waals surface area contributed by atoms with Crippen molar-refractivity contribution in [1.29, 1.82) is 0 Å². The highest BCUT2D eigenvalue weighted by molar-refractivity contribution is 6.21. The largest absolute Gasteiger partial charge is 0.313 e. The Morgan fingerprint density at radius 1 is 0.848 bits per heavy atom. The first-order chi connectivity index (χ1) is 15.7. The molecule has 2 aliphatic heterocycles. The average Bonchev–Trinajstić information content (AvgIpc) is 3.03. The van der Waals surface area contributed by atoms with E-state index in [2.05, 4.69) is 11.8 Å². The number of hydrogen-bond donors (Lipinski definition) is 0. The van der Waals surface area contributed by atoms with E-state index in [0.717, 1.165) is 0 Å². The third-order valence-electron chi connectivity index (χ3n) is 6.13. The van der Waals surface area contributed by atoms with Crippen LogP contribution in [0.3, 0.4) is 0 Å². The molecule has 0 radical (unpaired) electrons. The van der Waals surface area contributed by atoms with Gasteiger partial charge in [0.15, 0.2) is 0 Å². The van der Waals surface area contributed by atoms with E-state index in [1.165, 1.54) is 9.80 Å². The van der Waals surface area contributed by atoms with Crippen molar-refractivity contribution in [2.75, 3.05) is 29.9 Å². The van der Waals surface area contributed by atoms with Gasteiger partial charge in [-0.15, -0.1) is 0 Å². The topological polar surface area (TPSA) is 78.0 Å². The van der Waals surface area contributed by atoms with Crippen molar-refractivity contribution in [1.82, 2.24) is 4.90 Å². The van der Waals surface area contributed by atoms with Crippen LogP contribution in [0.1, 0.15) is 53.5 Å². The zero-order valence-electron chi connectivity index (χ0n) is 19.1. The first-order valence-corrected chi connectivity index (χ1v) is 10.9. The Hall–Kier alpha value is -3.92. The van der Waals surface area contributed by atoms with Crippen LogP contribution in [0.2, 0.25) is 0 Å². The van der Waals surface area contributed by atoms with E-state index in [-0.39, 0.29) is 30.2 Å². The Morgan fingerprint density at radius 3 is 2.09 bits per heavy atom. The highest BCUT2D eigenvalue weighted by atomic mass is 16.2. The molecule has 0 fully saturated rings. The van der Waals surface area contributed by atoms with Gasteiger partial charge in [-0.3, -0.25) is 24.1 Å². The molecule has 2 aromatic rings. The molecule has 2 heterocycles. The summed E-state index contributed by atoms with van der Waals surface area (Å²) in [5.41, 5.74) is 1.65. The quantitative estimate of drug-likeness (QED) is 0.415. The van der Waals surface area contributed by atoms with E-state index < -0.39 is 5.41 Å². The van der Waals surface area contributed by atoms with Crippen molar-refractivity contribution >= 4 is 35.0 Å². The normalized spacial score (nSPS) is 16.9. The molecule has 0 aliphatic carbocycles. The summed E-state index contributed by atoms with van der Waals surface area (Å²) in [4.78, 5) is 55.2. The van der Waals surface area contributed by atoms with E-state index in [4.69, 9.17) is 0 Å². The summed E-state index contributed by atoms with van der Waals surface area (Å²) < 4.78 is 0. The number of nitrogens with zero attached hydrogens (tertiary/aromatic N) is 3. The van der Waals surface area contributed by atoms with Gasteiger partial charge in [0.05, 0.1) is 22.5 Å². The molecule has 0 aromatic heterocycles. The maximum atomic E-state index is 13.0. The fraction of sp³-hybridized carbons (Fsp3) is 0.308. The number of benzene rings is 2. The van der Waals surface area contributed by atoms with Crippen LogP contribution in [0, 0.1) is 17.3 Å². The monoisotopic (exact) mass is 443 g/mol. The van der Waals surface area contributed by atoms with Gasteiger partial charge >= 0.3 is 0 Å². The summed E-state index contributed by atoms with van der Waals surface area (Å²) in [6, 6.07) is 12.2. The average molecular weight is 444 g/mol. The van der Waals surface area contributed by atoms with Gasteiger partial charge in [-0.05, 0) is 51.1 Å². The molecule has 33 heavy (non-hydrogen) atoms. The van der Waals surface area contributed by atoms with E-state index in [1.54, 1.807) is 68.3 Å². The van der Waals surface area contributed by atoms with Crippen LogP contribution in [0.4, 0.5) is 11.4 Å². The summed E-state index contributed by atoms with van der Waals surface area (Å²) in [6.45, 7) is 5.81. The van der Waals surface area contributed by atoms with Gasteiger partial charge in [-0.2, -0.15) is 0 Å². The van der Waals surface area contributed by atoms with Crippen LogP contribution in [-0.4, -0.2) is 48.7 Å². The number of fused-ring (bicyclic) bond motifs is 2. The molecule has 7 nitrogen and oxygen atoms in total. The van der Waals surface area contributed by atoms with Crippen molar-refractivity contribution in [2.24, 2.45) is 5.41 Å². The van der Waals surface area contributed by atoms with Crippen molar-refractivity contribution in [3.63, 3.8) is 0 Å². The molecule has 4 rings (SSSR count). The van der Waals surface area contributed by atoms with Crippen LogP contribution in [0.15, 0.2) is 42.5 Å². The highest BCUT2D eigenvalue weighted by Crippen LogP contribution is 2.38. The number of hydrogen-bond acceptors (Lipinski definition) is 4. The van der Waals surface area contributed by atoms with Gasteiger partial charge in [0.25, 0.3) is 11.8 Å².